The lowest BCUT2D eigenvalue weighted by atomic mass is 9.65. The molecule has 2 aromatic rings. The summed E-state index contributed by atoms with van der Waals surface area (Å²) in [6.45, 7) is 14.6. The van der Waals surface area contributed by atoms with Gasteiger partial charge in [-0.05, 0) is 35.5 Å². The Hall–Kier alpha value is -2.94. The zero-order chi connectivity index (χ0) is 23.3. The van der Waals surface area contributed by atoms with Gasteiger partial charge in [-0.3, -0.25) is 4.79 Å². The van der Waals surface area contributed by atoms with Crippen LogP contribution in [-0.2, 0) is 9.63 Å². The molecule has 0 saturated heterocycles. The van der Waals surface area contributed by atoms with E-state index in [4.69, 9.17) is 4.84 Å². The van der Waals surface area contributed by atoms with E-state index in [1.807, 2.05) is 30.4 Å². The van der Waals surface area contributed by atoms with E-state index in [0.29, 0.717) is 0 Å². The van der Waals surface area contributed by atoms with Crippen molar-refractivity contribution in [2.45, 2.75) is 60.0 Å². The molecule has 0 radical (unpaired) electrons. The quantitative estimate of drug-likeness (QED) is 0.530. The first-order valence-electron chi connectivity index (χ1n) is 11.3. The Balaban J connectivity index is 1.96. The predicted molar refractivity (Wildman–Crippen MR) is 131 cm³/mol. The highest BCUT2D eigenvalue weighted by Gasteiger charge is 2.52. The highest BCUT2D eigenvalue weighted by molar-refractivity contribution is 6.13. The van der Waals surface area contributed by atoms with Gasteiger partial charge < -0.3 is 4.84 Å². The minimum Gasteiger partial charge on any atom is -0.379 e. The number of carbonyl (C=O) groups excluding carboxylic acids is 1. The molecule has 1 heterocycles. The molecule has 0 fully saturated rings. The zero-order valence-electron chi connectivity index (χ0n) is 20.2. The molecule has 166 valence electrons. The molecule has 2 aliphatic rings. The number of benzene rings is 2. The van der Waals surface area contributed by atoms with E-state index in [1.54, 1.807) is 0 Å². The molecule has 0 saturated carbocycles. The summed E-state index contributed by atoms with van der Waals surface area (Å²) in [5, 5.41) is 4.64. The molecule has 0 amide bonds. The highest BCUT2D eigenvalue weighted by Crippen LogP contribution is 2.49. The van der Waals surface area contributed by atoms with Crippen LogP contribution in [0.2, 0.25) is 0 Å². The number of ketones is 1. The molecule has 1 unspecified atom stereocenters. The zero-order valence-corrected chi connectivity index (χ0v) is 20.2. The number of Topliss-reactive ketones (excluding diaryl/α,β-unsaturated/α-hetero) is 1. The van der Waals surface area contributed by atoms with E-state index in [-0.39, 0.29) is 22.5 Å². The van der Waals surface area contributed by atoms with Crippen molar-refractivity contribution in [2.24, 2.45) is 16.0 Å². The van der Waals surface area contributed by atoms with Gasteiger partial charge in [0.2, 0.25) is 0 Å². The molecule has 1 aliphatic carbocycles. The summed E-state index contributed by atoms with van der Waals surface area (Å²) in [7, 11) is 0. The van der Waals surface area contributed by atoms with Crippen molar-refractivity contribution in [3.05, 3.63) is 94.6 Å². The second-order valence-electron chi connectivity index (χ2n) is 11.1. The molecule has 32 heavy (non-hydrogen) atoms. The number of nitrogens with zero attached hydrogens (tertiary/aromatic N) is 1. The maximum Gasteiger partial charge on any atom is 0.187 e. The Morgan fingerprint density at radius 3 is 1.84 bits per heavy atom. The summed E-state index contributed by atoms with van der Waals surface area (Å²) in [6.07, 6.45) is 4.07. The summed E-state index contributed by atoms with van der Waals surface area (Å²) in [5.41, 5.74) is 4.34. The molecule has 1 spiro atoms. The van der Waals surface area contributed by atoms with Crippen LogP contribution in [0.1, 0.15) is 64.2 Å². The Labute approximate surface area is 191 Å². The predicted octanol–water partition coefficient (Wildman–Crippen LogP) is 6.78. The van der Waals surface area contributed by atoms with Crippen molar-refractivity contribution in [1.82, 2.24) is 0 Å². The Morgan fingerprint density at radius 1 is 0.812 bits per heavy atom. The molecule has 1 atom stereocenters. The summed E-state index contributed by atoms with van der Waals surface area (Å²) >= 11 is 0. The number of rotatable bonds is 2. The lowest BCUT2D eigenvalue weighted by molar-refractivity contribution is -0.114. The van der Waals surface area contributed by atoms with Crippen molar-refractivity contribution in [3.63, 3.8) is 0 Å². The minimum absolute atomic E-state index is 0.106. The maximum atomic E-state index is 13.6. The van der Waals surface area contributed by atoms with Crippen LogP contribution in [0.15, 0.2) is 83.1 Å². The van der Waals surface area contributed by atoms with E-state index in [2.05, 4.69) is 90.0 Å². The van der Waals surface area contributed by atoms with E-state index in [1.165, 1.54) is 5.56 Å². The van der Waals surface area contributed by atoms with Gasteiger partial charge in [-0.15, -0.1) is 0 Å². The van der Waals surface area contributed by atoms with Crippen molar-refractivity contribution >= 4 is 11.5 Å². The van der Waals surface area contributed by atoms with Crippen LogP contribution in [0, 0.1) is 17.8 Å². The monoisotopic (exact) mass is 427 g/mol. The number of oxime groups is 1. The second kappa shape index (κ2) is 7.58. The molecular formula is C29H33NO2. The molecule has 0 aromatic heterocycles. The van der Waals surface area contributed by atoms with Gasteiger partial charge in [0.15, 0.2) is 11.4 Å². The molecule has 4 rings (SSSR count). The van der Waals surface area contributed by atoms with Crippen LogP contribution in [0.5, 0.6) is 0 Å². The molecule has 3 nitrogen and oxygen atoms in total. The fraction of sp³-hybridized carbons (Fsp3) is 0.379. The smallest absolute Gasteiger partial charge is 0.187 e. The Morgan fingerprint density at radius 2 is 1.34 bits per heavy atom. The average Bonchev–Trinajstić information content (AvgIpc) is 3.08. The summed E-state index contributed by atoms with van der Waals surface area (Å²) in [5.74, 6) is -0.0518. The third kappa shape index (κ3) is 3.85. The SMILES string of the molecule is Cc1ccc(C2=NOC3(C=C(C(C)(C)C)C(=O)C(C(C)(C)C)=C3)C2c2ccccc2)cc1. The van der Waals surface area contributed by atoms with Gasteiger partial charge >= 0.3 is 0 Å². The van der Waals surface area contributed by atoms with Gasteiger partial charge in [-0.1, -0.05) is 107 Å². The Kier molecular flexibility index (Phi) is 5.27. The van der Waals surface area contributed by atoms with Gasteiger partial charge in [0.1, 0.15) is 0 Å². The van der Waals surface area contributed by atoms with Crippen molar-refractivity contribution in [3.8, 4) is 0 Å². The van der Waals surface area contributed by atoms with Crippen LogP contribution in [0.4, 0.5) is 0 Å². The summed E-state index contributed by atoms with van der Waals surface area (Å²) < 4.78 is 0. The van der Waals surface area contributed by atoms with Crippen LogP contribution in [0.25, 0.3) is 0 Å². The first-order chi connectivity index (χ1) is 14.9. The van der Waals surface area contributed by atoms with Gasteiger partial charge in [0.25, 0.3) is 0 Å². The van der Waals surface area contributed by atoms with Gasteiger partial charge in [0.05, 0.1) is 11.6 Å². The third-order valence-electron chi connectivity index (χ3n) is 6.35. The van der Waals surface area contributed by atoms with Crippen molar-refractivity contribution < 1.29 is 9.63 Å². The average molecular weight is 428 g/mol. The topological polar surface area (TPSA) is 38.7 Å². The first kappa shape index (κ1) is 22.3. The van der Waals surface area contributed by atoms with Crippen molar-refractivity contribution in [1.29, 1.82) is 0 Å². The van der Waals surface area contributed by atoms with Crippen molar-refractivity contribution in [2.75, 3.05) is 0 Å². The van der Waals surface area contributed by atoms with E-state index in [0.717, 1.165) is 28.0 Å². The second-order valence-corrected chi connectivity index (χ2v) is 11.1. The molecule has 3 heteroatoms. The summed E-state index contributed by atoms with van der Waals surface area (Å²) in [6, 6.07) is 18.8. The van der Waals surface area contributed by atoms with E-state index < -0.39 is 5.60 Å². The summed E-state index contributed by atoms with van der Waals surface area (Å²) in [4.78, 5) is 19.9. The van der Waals surface area contributed by atoms with Crippen LogP contribution < -0.4 is 0 Å². The number of carbonyl (C=O) groups is 1. The van der Waals surface area contributed by atoms with Crippen LogP contribution in [-0.4, -0.2) is 17.1 Å². The molecule has 0 bridgehead atoms. The van der Waals surface area contributed by atoms with Gasteiger partial charge in [0, 0.05) is 16.7 Å². The molecule has 1 aliphatic heterocycles. The molecule has 2 aromatic carbocycles. The standard InChI is InChI=1S/C29H33NO2/c1-19-13-15-21(16-14-19)25-24(20-11-9-8-10-12-20)29(32-30-25)17-22(27(2,3)4)26(31)23(18-29)28(5,6)7/h8-18,24H,1-7H3. The lowest BCUT2D eigenvalue weighted by Gasteiger charge is -2.38. The third-order valence-corrected chi connectivity index (χ3v) is 6.35. The minimum atomic E-state index is -0.847. The number of allylic oxidation sites excluding steroid dienone is 2. The molecule has 0 N–H and O–H groups in total. The van der Waals surface area contributed by atoms with E-state index >= 15 is 0 Å². The van der Waals surface area contributed by atoms with Gasteiger partial charge in [-0.2, -0.15) is 0 Å². The van der Waals surface area contributed by atoms with Crippen LogP contribution in [0.3, 0.4) is 0 Å². The fourth-order valence-electron chi connectivity index (χ4n) is 4.56. The first-order valence-corrected chi connectivity index (χ1v) is 11.3. The highest BCUT2D eigenvalue weighted by atomic mass is 16.7. The fourth-order valence-corrected chi connectivity index (χ4v) is 4.56. The largest absolute Gasteiger partial charge is 0.379 e. The lowest BCUT2D eigenvalue weighted by Crippen LogP contribution is -2.41. The van der Waals surface area contributed by atoms with Gasteiger partial charge in [-0.25, -0.2) is 0 Å². The Bertz CT molecular complexity index is 1090. The van der Waals surface area contributed by atoms with Crippen LogP contribution >= 0.6 is 0 Å². The number of aryl methyl sites for hydroxylation is 1. The maximum absolute atomic E-state index is 13.6. The molecular weight excluding hydrogens is 394 g/mol. The number of hydrogen-bond acceptors (Lipinski definition) is 3. The normalized spacial score (nSPS) is 20.5. The number of hydrogen-bond donors (Lipinski definition) is 0. The van der Waals surface area contributed by atoms with E-state index in [9.17, 15) is 4.79 Å².